The Bertz CT molecular complexity index is 2890. The summed E-state index contributed by atoms with van der Waals surface area (Å²) in [5.74, 6) is 2.26. The molecule has 0 aliphatic carbocycles. The van der Waals surface area contributed by atoms with Gasteiger partial charge in [0.15, 0.2) is 0 Å². The molecule has 0 amide bonds. The number of hydrogen-bond donors (Lipinski definition) is 4. The van der Waals surface area contributed by atoms with Crippen molar-refractivity contribution in [3.05, 3.63) is 165 Å². The zero-order chi connectivity index (χ0) is 87.5. The van der Waals surface area contributed by atoms with E-state index in [2.05, 4.69) is 288 Å². The average Bonchev–Trinajstić information content (AvgIpc) is 1.75. The van der Waals surface area contributed by atoms with Crippen LogP contribution in [-0.2, 0) is 54.3 Å². The summed E-state index contributed by atoms with van der Waals surface area (Å²) in [6.45, 7) is 99.9. The minimum Gasteiger partial charge on any atom is -0.425 e. The fourth-order valence-electron chi connectivity index (χ4n) is 6.30. The maximum absolute atomic E-state index is 5.23. The van der Waals surface area contributed by atoms with Crippen LogP contribution in [0.4, 0.5) is 0 Å². The van der Waals surface area contributed by atoms with Crippen LogP contribution in [0.5, 0.6) is 0 Å². The van der Waals surface area contributed by atoms with Gasteiger partial charge in [-0.15, -0.1) is 31.7 Å². The molecule has 0 aliphatic heterocycles. The van der Waals surface area contributed by atoms with E-state index in [0.717, 1.165) is 21.5 Å². The highest BCUT2D eigenvalue weighted by Crippen LogP contribution is 2.27. The first-order valence-electron chi connectivity index (χ1n) is 39.4. The van der Waals surface area contributed by atoms with Crippen molar-refractivity contribution in [1.82, 2.24) is 94.7 Å². The molecule has 0 saturated carbocycles. The molecule has 0 bridgehead atoms. The molecule has 10 rings (SSSR count). The van der Waals surface area contributed by atoms with Crippen molar-refractivity contribution in [3.8, 4) is 0 Å². The minimum atomic E-state index is -0.0265. The van der Waals surface area contributed by atoms with Crippen molar-refractivity contribution in [3.63, 3.8) is 0 Å². The van der Waals surface area contributed by atoms with E-state index in [9.17, 15) is 0 Å². The molecule has 109 heavy (non-hydrogen) atoms. The Morgan fingerprint density at radius 2 is 0.899 bits per heavy atom. The van der Waals surface area contributed by atoms with Crippen LogP contribution in [0.25, 0.3) is 0 Å². The third-order valence-electron chi connectivity index (χ3n) is 12.4. The van der Waals surface area contributed by atoms with Crippen LogP contribution in [0.1, 0.15) is 379 Å². The lowest BCUT2D eigenvalue weighted by Gasteiger charge is -2.18. The van der Waals surface area contributed by atoms with Gasteiger partial charge in [-0.1, -0.05) is 298 Å². The molecule has 0 spiro atoms. The van der Waals surface area contributed by atoms with E-state index in [1.807, 2.05) is 192 Å². The normalized spacial score (nSPS) is 10.6. The summed E-state index contributed by atoms with van der Waals surface area (Å²) in [6, 6.07) is 8.01. The van der Waals surface area contributed by atoms with E-state index >= 15 is 0 Å². The number of hydrogen-bond acceptors (Lipinski definition) is 18. The lowest BCUT2D eigenvalue weighted by Crippen LogP contribution is -2.21. The van der Waals surface area contributed by atoms with Crippen LogP contribution >= 0.6 is 34.4 Å². The van der Waals surface area contributed by atoms with Crippen molar-refractivity contribution >= 4 is 34.4 Å². The van der Waals surface area contributed by atoms with E-state index in [-0.39, 0.29) is 54.3 Å². The molecule has 10 aromatic heterocycles. The zero-order valence-electron chi connectivity index (χ0n) is 78.7. The highest BCUT2D eigenvalue weighted by molar-refractivity contribution is 7.11. The van der Waals surface area contributed by atoms with E-state index in [1.165, 1.54) is 45.3 Å². The maximum Gasteiger partial charge on any atom is 0.221 e. The van der Waals surface area contributed by atoms with Gasteiger partial charge in [-0.2, -0.15) is 25.5 Å². The minimum absolute atomic E-state index is 0.0265. The second-order valence-corrected chi connectivity index (χ2v) is 34.9. The van der Waals surface area contributed by atoms with Gasteiger partial charge >= 0.3 is 0 Å². The fourth-order valence-corrected chi connectivity index (χ4v) is 8.45. The summed E-state index contributed by atoms with van der Waals surface area (Å²) >= 11 is 4.77. The number of nitrogens with zero attached hydrogens (tertiary/aromatic N) is 15. The molecule has 4 N–H and O–H groups in total. The molecule has 0 fully saturated rings. The molecule has 10 heterocycles. The Labute approximate surface area is 680 Å². The summed E-state index contributed by atoms with van der Waals surface area (Å²) < 4.78 is 15.2. The third-order valence-corrected chi connectivity index (χ3v) is 15.5. The molecule has 0 saturated heterocycles. The van der Waals surface area contributed by atoms with Gasteiger partial charge in [-0.25, -0.2) is 13.7 Å². The number of nitrogens with one attached hydrogen (secondary N) is 4. The first-order chi connectivity index (χ1) is 50.3. The summed E-state index contributed by atoms with van der Waals surface area (Å²) in [5, 5.41) is 50.8. The van der Waals surface area contributed by atoms with Crippen molar-refractivity contribution < 1.29 is 4.42 Å². The van der Waals surface area contributed by atoms with Gasteiger partial charge in [0.2, 0.25) is 11.8 Å². The van der Waals surface area contributed by atoms with Crippen LogP contribution in [-0.4, -0.2) is 94.7 Å². The summed E-state index contributed by atoms with van der Waals surface area (Å²) in [6.07, 6.45) is 21.7. The first-order valence-corrected chi connectivity index (χ1v) is 41.8. The Morgan fingerprint density at radius 3 is 1.07 bits per heavy atom. The Balaban J connectivity index is -0.000000170. The topological polar surface area (TPSA) is 262 Å². The van der Waals surface area contributed by atoms with E-state index in [1.54, 1.807) is 67.0 Å². The molecule has 628 valence electrons. The van der Waals surface area contributed by atoms with Crippen molar-refractivity contribution in [2.45, 2.75) is 387 Å². The fraction of sp³-hybridized carbons (Fsp3) is 0.674. The van der Waals surface area contributed by atoms with Gasteiger partial charge in [0.25, 0.3) is 0 Å². The van der Waals surface area contributed by atoms with Crippen LogP contribution < -0.4 is 0 Å². The van der Waals surface area contributed by atoms with Gasteiger partial charge in [0.1, 0.15) is 22.2 Å². The lowest BCUT2D eigenvalue weighted by molar-refractivity contribution is 0.355. The SMILES string of the molecule is CC.CC.CC.CC.CC.CC.CC.CC.CC(C)(C)c1ccn[nH]1.CC(C)(C)c1ccn[nH]1.CC(C)(C)c1ccns1.CC(C)(C)c1cn[nH]c1.CC(C)(C)c1cnccn1.CC(C)(C)c1cnsc1.CC(C)(C)c1ncn[nH]1.CC(C)(C)n1cccn1.Cc1nnc(C(C)(C)C)o1.Cc1nnc(C(C)(C)C)s1. The monoisotopic (exact) mass is 1580 g/mol. The predicted molar refractivity (Wildman–Crippen MR) is 478 cm³/mol. The number of rotatable bonds is 0. The molecule has 0 unspecified atom stereocenters. The largest absolute Gasteiger partial charge is 0.425 e. The lowest BCUT2D eigenvalue weighted by atomic mass is 9.90. The van der Waals surface area contributed by atoms with Gasteiger partial charge in [-0.05, 0) is 102 Å². The van der Waals surface area contributed by atoms with Crippen molar-refractivity contribution in [1.29, 1.82) is 0 Å². The molecule has 20 nitrogen and oxygen atoms in total. The second-order valence-electron chi connectivity index (χ2n) is 32.3. The van der Waals surface area contributed by atoms with Crippen LogP contribution in [0, 0.1) is 13.8 Å². The highest BCUT2D eigenvalue weighted by atomic mass is 32.1. The molecule has 0 aromatic carbocycles. The Hall–Kier alpha value is -6.98. The van der Waals surface area contributed by atoms with E-state index < -0.39 is 0 Å². The molecule has 23 heteroatoms. The van der Waals surface area contributed by atoms with Crippen molar-refractivity contribution in [2.24, 2.45) is 0 Å². The standard InChI is InChI=1S/C8H12N2.C7H12N2O.C7H12N2S.4C7H12N2.2C7H11NS.C6H11N3.8C2H6/c1-8(2,3)7-6-9-4-5-10-7;2*1-5-8-9-6(10-5)7(2,3)4;1-7(2,3)6-4-8-9-5-6;1-7(2,3)9-6-4-5-8-9;2*1-7(2,3)6-4-5-8-9-6;1-7(2,3)6-4-8-9-5-6;1-7(2,3)6-4-5-8-9-6;1-6(2,3)5-7-4-8-9-5;8*1-2/h4-6H,1-3H3;2*1-4H3;4-5H,1-3H3,(H,8,9);4-6H,1-3H3;2*4-5H,1-3H3,(H,8,9);2*4-5H,1-3H3;4H,1-3H3,(H,7,8,9);8*1-2H3. The predicted octanol–water partition coefficient (Wildman–Crippen LogP) is 26.5. The quantitative estimate of drug-likeness (QED) is 0.110. The smallest absolute Gasteiger partial charge is 0.221 e. The molecule has 0 radical (unpaired) electrons. The Morgan fingerprint density at radius 1 is 0.404 bits per heavy atom. The second kappa shape index (κ2) is 61.7. The van der Waals surface area contributed by atoms with Gasteiger partial charge in [0, 0.05) is 123 Å². The average molecular weight is 1580 g/mol. The van der Waals surface area contributed by atoms with Crippen molar-refractivity contribution in [2.75, 3.05) is 0 Å². The highest BCUT2D eigenvalue weighted by Gasteiger charge is 2.22. The third kappa shape index (κ3) is 60.4. The van der Waals surface area contributed by atoms with Crippen LogP contribution in [0.2, 0.25) is 0 Å². The number of aromatic nitrogens is 19. The first kappa shape index (κ1) is 118. The molecule has 0 atom stereocenters. The summed E-state index contributed by atoms with van der Waals surface area (Å²) in [5.41, 5.74) is 7.64. The molecular weight excluding hydrogens is 1410 g/mol. The molecule has 0 aliphatic rings. The van der Waals surface area contributed by atoms with E-state index in [0.29, 0.717) is 11.8 Å². The number of aryl methyl sites for hydroxylation is 2. The summed E-state index contributed by atoms with van der Waals surface area (Å²) in [7, 11) is 0. The van der Waals surface area contributed by atoms with Gasteiger partial charge < -0.3 is 4.42 Å². The summed E-state index contributed by atoms with van der Waals surface area (Å²) in [4.78, 5) is 13.5. The molecule has 10 aromatic rings. The number of aromatic amines is 4. The van der Waals surface area contributed by atoms with E-state index in [4.69, 9.17) is 4.42 Å². The zero-order valence-corrected chi connectivity index (χ0v) is 81.1. The van der Waals surface area contributed by atoms with Gasteiger partial charge in [0.05, 0.1) is 17.4 Å². The van der Waals surface area contributed by atoms with Gasteiger partial charge in [-0.3, -0.25) is 35.0 Å². The number of H-pyrrole nitrogens is 4. The molecular formula is C86H165N19OS3. The van der Waals surface area contributed by atoms with Crippen LogP contribution in [0.15, 0.2) is 109 Å². The van der Waals surface area contributed by atoms with Crippen LogP contribution in [0.3, 0.4) is 0 Å². The Kier molecular flexibility index (Phi) is 66.6. The maximum atomic E-state index is 5.23.